The van der Waals surface area contributed by atoms with Crippen LogP contribution in [0.1, 0.15) is 35.8 Å². The second-order valence-corrected chi connectivity index (χ2v) is 7.90. The molecule has 3 heterocycles. The number of likely N-dealkylation sites (tertiary alicyclic amines) is 1. The number of amides is 1. The van der Waals surface area contributed by atoms with Crippen molar-refractivity contribution in [1.29, 1.82) is 0 Å². The Labute approximate surface area is 160 Å². The van der Waals surface area contributed by atoms with Crippen molar-refractivity contribution in [3.8, 4) is 0 Å². The summed E-state index contributed by atoms with van der Waals surface area (Å²) in [4.78, 5) is 22.0. The first-order valence-electron chi connectivity index (χ1n) is 9.48. The van der Waals surface area contributed by atoms with Gasteiger partial charge in [0.05, 0.1) is 11.2 Å². The molecule has 0 radical (unpaired) electrons. The fourth-order valence-electron chi connectivity index (χ4n) is 4.03. The fourth-order valence-corrected chi connectivity index (χ4v) is 4.03. The third-order valence-electron chi connectivity index (χ3n) is 5.54. The van der Waals surface area contributed by atoms with Gasteiger partial charge in [-0.25, -0.2) is 4.98 Å². The number of carbonyl (C=O) groups excluding carboxylic acids is 1. The molecule has 1 saturated heterocycles. The maximum atomic E-state index is 13.0. The van der Waals surface area contributed by atoms with Crippen molar-refractivity contribution in [1.82, 2.24) is 14.3 Å². The van der Waals surface area contributed by atoms with Crippen LogP contribution in [0, 0.1) is 0 Å². The van der Waals surface area contributed by atoms with Crippen LogP contribution in [-0.2, 0) is 5.41 Å². The first-order chi connectivity index (χ1) is 13.0. The topological polar surface area (TPSA) is 40.9 Å². The van der Waals surface area contributed by atoms with E-state index in [2.05, 4.69) is 34.7 Å². The predicted molar refractivity (Wildman–Crippen MR) is 108 cm³/mol. The molecule has 2 aromatic heterocycles. The Morgan fingerprint density at radius 1 is 1.15 bits per heavy atom. The minimum Gasteiger partial charge on any atom is -0.361 e. The summed E-state index contributed by atoms with van der Waals surface area (Å²) in [6.45, 7) is 3.72. The number of aromatic nitrogens is 2. The van der Waals surface area contributed by atoms with Crippen molar-refractivity contribution in [2.75, 3.05) is 32.1 Å². The highest BCUT2D eigenvalue weighted by molar-refractivity contribution is 5.94. The van der Waals surface area contributed by atoms with Crippen LogP contribution < -0.4 is 4.90 Å². The summed E-state index contributed by atoms with van der Waals surface area (Å²) in [6.07, 6.45) is 6.20. The number of hydrogen-bond acceptors (Lipinski definition) is 3. The van der Waals surface area contributed by atoms with Crippen molar-refractivity contribution in [3.05, 3.63) is 66.1 Å². The molecule has 1 atom stereocenters. The van der Waals surface area contributed by atoms with Crippen LogP contribution in [0.15, 0.2) is 54.9 Å². The van der Waals surface area contributed by atoms with Gasteiger partial charge in [-0.15, -0.1) is 0 Å². The second-order valence-electron chi connectivity index (χ2n) is 7.90. The smallest absolute Gasteiger partial charge is 0.253 e. The van der Waals surface area contributed by atoms with Crippen molar-refractivity contribution in [3.63, 3.8) is 0 Å². The Kier molecular flexibility index (Phi) is 4.38. The number of rotatable bonds is 3. The van der Waals surface area contributed by atoms with Crippen LogP contribution in [0.2, 0.25) is 0 Å². The average Bonchev–Trinajstić information content (AvgIpc) is 3.16. The number of piperidine rings is 1. The third-order valence-corrected chi connectivity index (χ3v) is 5.54. The molecule has 0 N–H and O–H groups in total. The number of carbonyl (C=O) groups is 1. The van der Waals surface area contributed by atoms with Crippen molar-refractivity contribution >= 4 is 17.2 Å². The number of nitrogens with zero attached hydrogens (tertiary/aromatic N) is 4. The third kappa shape index (κ3) is 3.18. The molecule has 0 saturated carbocycles. The van der Waals surface area contributed by atoms with E-state index in [1.165, 1.54) is 0 Å². The van der Waals surface area contributed by atoms with Gasteiger partial charge in [0, 0.05) is 50.6 Å². The van der Waals surface area contributed by atoms with E-state index in [0.29, 0.717) is 6.54 Å². The molecule has 1 unspecified atom stereocenters. The van der Waals surface area contributed by atoms with Gasteiger partial charge in [0.1, 0.15) is 0 Å². The number of benzene rings is 1. The molecule has 1 amide bonds. The maximum absolute atomic E-state index is 13.0. The Hall–Kier alpha value is -2.82. The lowest BCUT2D eigenvalue weighted by Crippen LogP contribution is -2.47. The van der Waals surface area contributed by atoms with E-state index in [4.69, 9.17) is 4.98 Å². The van der Waals surface area contributed by atoms with Crippen LogP contribution in [-0.4, -0.2) is 47.4 Å². The predicted octanol–water partition coefficient (Wildman–Crippen LogP) is 3.59. The molecule has 1 aromatic carbocycles. The summed E-state index contributed by atoms with van der Waals surface area (Å²) in [5.41, 5.74) is 2.73. The molecule has 0 bridgehead atoms. The lowest BCUT2D eigenvalue weighted by molar-refractivity contribution is 0.0647. The van der Waals surface area contributed by atoms with Gasteiger partial charge in [0.2, 0.25) is 0 Å². The Morgan fingerprint density at radius 2 is 1.93 bits per heavy atom. The lowest BCUT2D eigenvalue weighted by Gasteiger charge is -2.40. The molecule has 5 nitrogen and oxygen atoms in total. The van der Waals surface area contributed by atoms with E-state index in [1.807, 2.05) is 55.4 Å². The van der Waals surface area contributed by atoms with E-state index in [9.17, 15) is 4.79 Å². The van der Waals surface area contributed by atoms with Crippen LogP contribution in [0.3, 0.4) is 0 Å². The van der Waals surface area contributed by atoms with Crippen molar-refractivity contribution in [2.45, 2.75) is 25.2 Å². The van der Waals surface area contributed by atoms with E-state index < -0.39 is 0 Å². The fraction of sp³-hybridized carbons (Fsp3) is 0.364. The zero-order valence-corrected chi connectivity index (χ0v) is 16.2. The standard InChI is InChI=1S/C22H26N4O/c1-22(19-15-25-13-7-11-18(25)20(23-19)24(2)3)12-8-14-26(16-22)21(27)17-9-5-4-6-10-17/h4-7,9-11,13,15H,8,12,14,16H2,1-3H3. The summed E-state index contributed by atoms with van der Waals surface area (Å²) < 4.78 is 2.14. The highest BCUT2D eigenvalue weighted by atomic mass is 16.2. The highest BCUT2D eigenvalue weighted by Crippen LogP contribution is 2.35. The average molecular weight is 362 g/mol. The summed E-state index contributed by atoms with van der Waals surface area (Å²) in [5, 5.41) is 0. The summed E-state index contributed by atoms with van der Waals surface area (Å²) in [6, 6.07) is 13.7. The molecule has 4 rings (SSSR count). The first-order valence-corrected chi connectivity index (χ1v) is 9.48. The number of hydrogen-bond donors (Lipinski definition) is 0. The summed E-state index contributed by atoms with van der Waals surface area (Å²) in [7, 11) is 4.04. The quantitative estimate of drug-likeness (QED) is 0.715. The van der Waals surface area contributed by atoms with Gasteiger partial charge in [-0.2, -0.15) is 0 Å². The lowest BCUT2D eigenvalue weighted by atomic mass is 9.79. The van der Waals surface area contributed by atoms with Crippen molar-refractivity contribution in [2.24, 2.45) is 0 Å². The maximum Gasteiger partial charge on any atom is 0.253 e. The number of anilines is 1. The molecule has 0 spiro atoms. The molecule has 5 heteroatoms. The van der Waals surface area contributed by atoms with Gasteiger partial charge >= 0.3 is 0 Å². The Bertz CT molecular complexity index is 963. The zero-order valence-electron chi connectivity index (χ0n) is 16.2. The molecular formula is C22H26N4O. The zero-order chi connectivity index (χ0) is 19.0. The van der Waals surface area contributed by atoms with Crippen LogP contribution in [0.4, 0.5) is 5.82 Å². The first kappa shape index (κ1) is 17.6. The van der Waals surface area contributed by atoms with E-state index >= 15 is 0 Å². The van der Waals surface area contributed by atoms with Gasteiger partial charge in [-0.05, 0) is 37.1 Å². The highest BCUT2D eigenvalue weighted by Gasteiger charge is 2.36. The monoisotopic (exact) mass is 362 g/mol. The second kappa shape index (κ2) is 6.72. The summed E-state index contributed by atoms with van der Waals surface area (Å²) in [5.74, 6) is 1.07. The Balaban J connectivity index is 1.68. The molecule has 1 aliphatic heterocycles. The molecule has 140 valence electrons. The van der Waals surface area contributed by atoms with Crippen LogP contribution >= 0.6 is 0 Å². The molecule has 27 heavy (non-hydrogen) atoms. The van der Waals surface area contributed by atoms with Crippen molar-refractivity contribution < 1.29 is 4.79 Å². The Morgan fingerprint density at radius 3 is 2.67 bits per heavy atom. The van der Waals surface area contributed by atoms with Gasteiger partial charge in [-0.1, -0.05) is 25.1 Å². The molecular weight excluding hydrogens is 336 g/mol. The van der Waals surface area contributed by atoms with Gasteiger partial charge in [0.15, 0.2) is 5.82 Å². The van der Waals surface area contributed by atoms with Gasteiger partial charge in [0.25, 0.3) is 5.91 Å². The molecule has 3 aromatic rings. The summed E-state index contributed by atoms with van der Waals surface area (Å²) >= 11 is 0. The van der Waals surface area contributed by atoms with E-state index in [-0.39, 0.29) is 11.3 Å². The van der Waals surface area contributed by atoms with Gasteiger partial charge in [-0.3, -0.25) is 4.79 Å². The SMILES string of the molecule is CN(C)c1nc(C2(C)CCCN(C(=O)c3ccccc3)C2)cn2cccc12. The van der Waals surface area contributed by atoms with Crippen LogP contribution in [0.5, 0.6) is 0 Å². The number of fused-ring (bicyclic) bond motifs is 1. The minimum atomic E-state index is -0.161. The minimum absolute atomic E-state index is 0.108. The van der Waals surface area contributed by atoms with Crippen LogP contribution in [0.25, 0.3) is 5.52 Å². The van der Waals surface area contributed by atoms with E-state index in [0.717, 1.165) is 42.0 Å². The molecule has 1 fully saturated rings. The molecule has 1 aliphatic rings. The normalized spacial score (nSPS) is 20.0. The largest absolute Gasteiger partial charge is 0.361 e. The van der Waals surface area contributed by atoms with E-state index in [1.54, 1.807) is 0 Å². The van der Waals surface area contributed by atoms with Gasteiger partial charge < -0.3 is 14.2 Å². The molecule has 0 aliphatic carbocycles.